The zero-order valence-corrected chi connectivity index (χ0v) is 60.2. The predicted octanol–water partition coefficient (Wildman–Crippen LogP) is 15.8. The number of nitrogens with zero attached hydrogens (tertiary/aromatic N) is 2. The van der Waals surface area contributed by atoms with Gasteiger partial charge in [0.25, 0.3) is 0 Å². The molecule has 6 aromatic rings. The van der Waals surface area contributed by atoms with Crippen molar-refractivity contribution in [2.75, 3.05) is 12.0 Å². The van der Waals surface area contributed by atoms with Crippen LogP contribution in [0.15, 0.2) is 159 Å². The zero-order chi connectivity index (χ0) is 73.5. The van der Waals surface area contributed by atoms with E-state index in [0.717, 1.165) is 34.5 Å². The molecule has 0 bridgehead atoms. The number of carbonyl (C=O) groups is 7. The Kier molecular flexibility index (Phi) is 25.2. The highest BCUT2D eigenvalue weighted by molar-refractivity contribution is 7.22. The number of nitrogens with one attached hydrogen (secondary N) is 1. The van der Waals surface area contributed by atoms with E-state index < -0.39 is 86.6 Å². The van der Waals surface area contributed by atoms with Gasteiger partial charge in [0.1, 0.15) is 56.3 Å². The Bertz CT molecular complexity index is 3990. The highest BCUT2D eigenvalue weighted by Gasteiger charge is 2.39. The number of carbonyl (C=O) groups excluding carboxylic acids is 7. The lowest BCUT2D eigenvalue weighted by atomic mass is 9.91. The molecule has 0 saturated carbocycles. The van der Waals surface area contributed by atoms with Crippen LogP contribution in [0.4, 0.5) is 5.13 Å². The summed E-state index contributed by atoms with van der Waals surface area (Å²) in [5.41, 5.74) is -2.75. The van der Waals surface area contributed by atoms with Crippen LogP contribution >= 0.6 is 11.3 Å². The Morgan fingerprint density at radius 1 is 0.444 bits per heavy atom. The summed E-state index contributed by atoms with van der Waals surface area (Å²) in [6.45, 7) is 42.4. The lowest BCUT2D eigenvalue weighted by Gasteiger charge is -2.37. The van der Waals surface area contributed by atoms with Gasteiger partial charge in [0.2, 0.25) is 5.13 Å². The third-order valence-electron chi connectivity index (χ3n) is 14.3. The summed E-state index contributed by atoms with van der Waals surface area (Å²) in [6.07, 6.45) is 6.92. The highest BCUT2D eigenvalue weighted by atomic mass is 32.1. The van der Waals surface area contributed by atoms with Gasteiger partial charge >= 0.3 is 41.8 Å². The summed E-state index contributed by atoms with van der Waals surface area (Å²) >= 11 is 1.40. The van der Waals surface area contributed by atoms with E-state index in [4.69, 9.17) is 52.1 Å². The molecular weight excluding hydrogens is 1290 g/mol. The molecule has 5 aromatic carbocycles. The van der Waals surface area contributed by atoms with E-state index in [9.17, 15) is 33.6 Å². The fraction of sp³-hybridized carbons (Fsp3) is 0.390. The predicted molar refractivity (Wildman–Crippen MR) is 379 cm³/mol. The van der Waals surface area contributed by atoms with Crippen molar-refractivity contribution in [3.8, 4) is 34.5 Å². The van der Waals surface area contributed by atoms with Gasteiger partial charge in [-0.05, 0) is 201 Å². The smallest absolute Gasteiger partial charge is 0.343 e. The summed E-state index contributed by atoms with van der Waals surface area (Å²) in [4.78, 5) is 95.3. The summed E-state index contributed by atoms with van der Waals surface area (Å²) in [5.74, 6) is -3.48. The minimum Gasteiger partial charge on any atom is -0.484 e. The minimum absolute atomic E-state index is 0.0684. The molecule has 528 valence electrons. The van der Waals surface area contributed by atoms with Crippen molar-refractivity contribution in [1.82, 2.24) is 4.98 Å². The van der Waals surface area contributed by atoms with Crippen LogP contribution in [0.5, 0.6) is 34.5 Å². The summed E-state index contributed by atoms with van der Waals surface area (Å²) in [7, 11) is 0. The first-order valence-electron chi connectivity index (χ1n) is 32.0. The first kappa shape index (κ1) is 77.9. The molecule has 6 rings (SSSR count). The van der Waals surface area contributed by atoms with Crippen molar-refractivity contribution in [3.05, 3.63) is 182 Å². The fourth-order valence-corrected chi connectivity index (χ4v) is 12.6. The number of hydrogen-bond acceptors (Lipinski definition) is 22. The largest absolute Gasteiger partial charge is 0.484 e. The Morgan fingerprint density at radius 3 is 1.26 bits per heavy atom. The second kappa shape index (κ2) is 32.1. The van der Waals surface area contributed by atoms with Crippen LogP contribution in [0.25, 0.3) is 10.2 Å². The maximum absolute atomic E-state index is 14.4. The summed E-state index contributed by atoms with van der Waals surface area (Å²) in [5, 5.41) is 4.98. The number of aromatic nitrogens is 1. The molecule has 0 aliphatic rings. The number of benzene rings is 5. The average molecular weight is 1380 g/mol. The van der Waals surface area contributed by atoms with Crippen molar-refractivity contribution in [1.29, 1.82) is 0 Å². The molecule has 1 N–H and O–H groups in total. The number of fused-ring (bicyclic) bond motifs is 1. The molecule has 0 spiro atoms. The maximum Gasteiger partial charge on any atom is 0.343 e. The Hall–Kier alpha value is -10.1. The van der Waals surface area contributed by atoms with Gasteiger partial charge in [-0.2, -0.15) is 5.10 Å². The van der Waals surface area contributed by atoms with Crippen LogP contribution in [0.1, 0.15) is 179 Å². The normalized spacial score (nSPS) is 12.3. The van der Waals surface area contributed by atoms with E-state index in [1.807, 2.05) is 52.0 Å². The van der Waals surface area contributed by atoms with E-state index in [1.54, 1.807) is 113 Å². The molecule has 21 nitrogen and oxygen atoms in total. The molecule has 1 aromatic heterocycles. The van der Waals surface area contributed by atoms with Gasteiger partial charge in [-0.25, -0.2) is 38.5 Å². The molecule has 1 heterocycles. The Labute approximate surface area is 583 Å². The molecule has 0 unspecified atom stereocenters. The van der Waals surface area contributed by atoms with Gasteiger partial charge in [-0.1, -0.05) is 55.9 Å². The number of hydrazone groups is 1. The first-order chi connectivity index (χ1) is 46.0. The van der Waals surface area contributed by atoms with Crippen LogP contribution in [-0.2, 0) is 49.3 Å². The van der Waals surface area contributed by atoms with Crippen LogP contribution in [0.3, 0.4) is 0 Å². The molecular formula is C77H91N3O18S. The van der Waals surface area contributed by atoms with E-state index in [-0.39, 0.29) is 89.9 Å². The van der Waals surface area contributed by atoms with E-state index in [1.165, 1.54) is 66.1 Å². The fourth-order valence-electron chi connectivity index (χ4n) is 11.8. The minimum atomic E-state index is -1.03. The van der Waals surface area contributed by atoms with Crippen molar-refractivity contribution >= 4 is 74.7 Å². The van der Waals surface area contributed by atoms with E-state index >= 15 is 0 Å². The number of thiazole rings is 1. The molecule has 0 aliphatic heterocycles. The monoisotopic (exact) mass is 1380 g/mol. The number of para-hydroxylation sites is 1. The van der Waals surface area contributed by atoms with Crippen molar-refractivity contribution < 1.29 is 85.7 Å². The van der Waals surface area contributed by atoms with Crippen molar-refractivity contribution in [3.63, 3.8) is 0 Å². The van der Waals surface area contributed by atoms with E-state index in [2.05, 4.69) is 41.8 Å². The molecule has 0 fully saturated rings. The molecule has 0 aliphatic carbocycles. The quantitative estimate of drug-likeness (QED) is 0.00968. The number of ether oxygens (including phenoxy) is 11. The van der Waals surface area contributed by atoms with Gasteiger partial charge in [-0.3, -0.25) is 5.43 Å². The molecule has 0 atom stereocenters. The number of esters is 7. The highest BCUT2D eigenvalue weighted by Crippen LogP contribution is 2.42. The van der Waals surface area contributed by atoms with Crippen LogP contribution in [0, 0.1) is 0 Å². The van der Waals surface area contributed by atoms with Gasteiger partial charge in [-0.15, -0.1) is 0 Å². The second-order valence-electron chi connectivity index (χ2n) is 28.4. The van der Waals surface area contributed by atoms with Crippen LogP contribution < -0.4 is 33.8 Å². The standard InChI is InChI=1S/C77H91N3O18S/c1-21-62(81)95-74(13,14)45-70(5,6)91-57-37-32-51(42-59(57)93-72(9,10)47-76(17,18)97-64(83)23-3)67(86)89-54-34-30-50(31-35-54)66(85)88-40-39-49-29-36-56(53(41-49)44-78-80-69-79-55-27-25-26-28-61(55)99-69)90-68(87)52-33-38-58(92-71(7,8)46-75(15,16)96-63(82)22-2)60(43-52)94-73(11,12)48-77(19,20)98-65(84)24-4/h21-38,41-44H,1-4,39-40,45-48H2,5-20H3,(H,79,80)/b78-44+. The topological polar surface area (TPSA) is 258 Å². The number of hydrogen-bond donors (Lipinski definition) is 1. The lowest BCUT2D eigenvalue weighted by Crippen LogP contribution is -2.41. The van der Waals surface area contributed by atoms with Gasteiger partial charge in [0.15, 0.2) is 23.0 Å². The van der Waals surface area contributed by atoms with Crippen molar-refractivity contribution in [2.45, 2.75) is 188 Å². The summed E-state index contributed by atoms with van der Waals surface area (Å²) in [6, 6.07) is 27.7. The third-order valence-corrected chi connectivity index (χ3v) is 15.3. The first-order valence-corrected chi connectivity index (χ1v) is 32.8. The number of rotatable bonds is 35. The Morgan fingerprint density at radius 2 is 0.838 bits per heavy atom. The Balaban J connectivity index is 1.20. The van der Waals surface area contributed by atoms with Crippen molar-refractivity contribution in [2.24, 2.45) is 5.10 Å². The SMILES string of the molecule is C=CC(=O)OC(C)(C)CC(C)(C)Oc1ccc(C(=O)Oc2ccc(C(=O)OCCc3ccc(OC(=O)c4ccc(OC(C)(C)CC(C)(C)OC(=O)C=C)c(OC(C)(C)CC(C)(C)OC(=O)C=C)c4)c(/C=N/Nc4nc5ccccc5s4)c3)cc2)cc1OC(C)(C)CC(C)(C)OC(=O)C=C. The van der Waals surface area contributed by atoms with E-state index in [0.29, 0.717) is 16.3 Å². The number of anilines is 1. The lowest BCUT2D eigenvalue weighted by molar-refractivity contribution is -0.155. The molecule has 0 amide bonds. The maximum atomic E-state index is 14.4. The van der Waals surface area contributed by atoms with Crippen LogP contribution in [-0.4, -0.2) is 104 Å². The summed E-state index contributed by atoms with van der Waals surface area (Å²) < 4.78 is 67.4. The molecule has 22 heteroatoms. The molecule has 99 heavy (non-hydrogen) atoms. The molecule has 0 saturated heterocycles. The average Bonchev–Trinajstić information content (AvgIpc) is 1.45. The van der Waals surface area contributed by atoms with Gasteiger partial charge < -0.3 is 52.1 Å². The zero-order valence-electron chi connectivity index (χ0n) is 59.4. The van der Waals surface area contributed by atoms with Gasteiger partial charge in [0.05, 0.1) is 39.7 Å². The third kappa shape index (κ3) is 24.8. The second-order valence-corrected chi connectivity index (χ2v) is 29.5. The molecule has 0 radical (unpaired) electrons. The van der Waals surface area contributed by atoms with Gasteiger partial charge in [0, 0.05) is 62.0 Å². The van der Waals surface area contributed by atoms with Crippen LogP contribution in [0.2, 0.25) is 0 Å².